The van der Waals surface area contributed by atoms with Crippen LogP contribution in [0.3, 0.4) is 0 Å². The van der Waals surface area contributed by atoms with Gasteiger partial charge in [0.15, 0.2) is 0 Å². The van der Waals surface area contributed by atoms with E-state index in [1.165, 1.54) is 0 Å². The van der Waals surface area contributed by atoms with Gasteiger partial charge >= 0.3 is 5.97 Å². The summed E-state index contributed by atoms with van der Waals surface area (Å²) in [5.74, 6) is -1.16. The van der Waals surface area contributed by atoms with Crippen LogP contribution in [0.4, 0.5) is 0 Å². The zero-order chi connectivity index (χ0) is 7.40. The molecule has 1 aliphatic rings. The van der Waals surface area contributed by atoms with Gasteiger partial charge in [-0.1, -0.05) is 0 Å². The van der Waals surface area contributed by atoms with Crippen molar-refractivity contribution in [3.05, 3.63) is 0 Å². The Morgan fingerprint density at radius 1 is 1.64 bits per heavy atom. The van der Waals surface area contributed by atoms with Gasteiger partial charge < -0.3 is 15.2 Å². The second-order valence-electron chi connectivity index (χ2n) is 2.31. The minimum absolute atomic E-state index is 0. The highest BCUT2D eigenvalue weighted by molar-refractivity contribution is 5.85. The number of hydrogen-bond acceptors (Lipinski definition) is 3. The van der Waals surface area contributed by atoms with Gasteiger partial charge in [-0.2, -0.15) is 0 Å². The smallest absolute Gasteiger partial charge is 0.310 e. The van der Waals surface area contributed by atoms with Gasteiger partial charge in [0.25, 0.3) is 0 Å². The Balaban J connectivity index is 0.000001000. The van der Waals surface area contributed by atoms with E-state index < -0.39 is 5.97 Å². The summed E-state index contributed by atoms with van der Waals surface area (Å²) in [6, 6.07) is 0. The van der Waals surface area contributed by atoms with Gasteiger partial charge in [-0.3, -0.25) is 4.79 Å². The van der Waals surface area contributed by atoms with E-state index in [4.69, 9.17) is 9.84 Å². The largest absolute Gasteiger partial charge is 0.481 e. The topological polar surface area (TPSA) is 58.6 Å². The van der Waals surface area contributed by atoms with Crippen LogP contribution < -0.4 is 5.32 Å². The maximum atomic E-state index is 10.4. The molecule has 1 saturated heterocycles. The molecule has 1 fully saturated rings. The molecule has 0 aromatic rings. The zero-order valence-corrected chi connectivity index (χ0v) is 6.89. The third kappa shape index (κ3) is 3.55. The Kier molecular flexibility index (Phi) is 5.19. The molecule has 2 N–H and O–H groups in total. The fraction of sp³-hybridized carbons (Fsp3) is 0.833. The van der Waals surface area contributed by atoms with Crippen molar-refractivity contribution in [2.75, 3.05) is 26.3 Å². The molecule has 0 radical (unpaired) electrons. The standard InChI is InChI=1S/C6H11NO3.ClH/c8-6(9)5-3-7-1-2-10-4-5;/h5,7H,1-4H2,(H,8,9);1H. The van der Waals surface area contributed by atoms with Crippen molar-refractivity contribution in [1.29, 1.82) is 0 Å². The molecule has 0 spiro atoms. The van der Waals surface area contributed by atoms with Gasteiger partial charge in [-0.05, 0) is 0 Å². The van der Waals surface area contributed by atoms with Crippen LogP contribution >= 0.6 is 12.4 Å². The third-order valence-corrected chi connectivity index (χ3v) is 1.48. The molecule has 0 bridgehead atoms. The summed E-state index contributed by atoms with van der Waals surface area (Å²) in [6.45, 7) is 2.23. The normalized spacial score (nSPS) is 24.9. The van der Waals surface area contributed by atoms with Gasteiger partial charge in [0.1, 0.15) is 0 Å². The predicted molar refractivity (Wildman–Crippen MR) is 42.1 cm³/mol. The Bertz CT molecular complexity index is 123. The van der Waals surface area contributed by atoms with Crippen LogP contribution in [-0.4, -0.2) is 37.4 Å². The molecule has 1 heterocycles. The summed E-state index contributed by atoms with van der Waals surface area (Å²) in [5, 5.41) is 11.5. The first-order chi connectivity index (χ1) is 4.80. The Labute approximate surface area is 71.3 Å². The molecule has 5 heteroatoms. The molecule has 0 saturated carbocycles. The zero-order valence-electron chi connectivity index (χ0n) is 6.08. The number of carbonyl (C=O) groups is 1. The van der Waals surface area contributed by atoms with Gasteiger partial charge in [0.05, 0.1) is 19.1 Å². The fourth-order valence-corrected chi connectivity index (χ4v) is 0.864. The Hall–Kier alpha value is -0.320. The number of carboxylic acids is 1. The Morgan fingerprint density at radius 3 is 3.00 bits per heavy atom. The van der Waals surface area contributed by atoms with Crippen LogP contribution in [-0.2, 0) is 9.53 Å². The molecule has 1 atom stereocenters. The van der Waals surface area contributed by atoms with E-state index in [1.54, 1.807) is 0 Å². The third-order valence-electron chi connectivity index (χ3n) is 1.48. The summed E-state index contributed by atoms with van der Waals surface area (Å²) in [4.78, 5) is 10.4. The quantitative estimate of drug-likeness (QED) is 0.585. The number of nitrogens with one attached hydrogen (secondary N) is 1. The fourth-order valence-electron chi connectivity index (χ4n) is 0.864. The number of halogens is 1. The van der Waals surface area contributed by atoms with Gasteiger partial charge in [-0.15, -0.1) is 12.4 Å². The lowest BCUT2D eigenvalue weighted by molar-refractivity contribution is -0.143. The summed E-state index contributed by atoms with van der Waals surface area (Å²) >= 11 is 0. The maximum absolute atomic E-state index is 10.4. The summed E-state index contributed by atoms with van der Waals surface area (Å²) in [6.07, 6.45) is 0. The highest BCUT2D eigenvalue weighted by Gasteiger charge is 2.18. The van der Waals surface area contributed by atoms with E-state index in [9.17, 15) is 4.79 Å². The molecule has 1 rings (SSSR count). The van der Waals surface area contributed by atoms with Crippen molar-refractivity contribution in [3.8, 4) is 0 Å². The number of aliphatic carboxylic acids is 1. The monoisotopic (exact) mass is 181 g/mol. The van der Waals surface area contributed by atoms with Crippen molar-refractivity contribution >= 4 is 18.4 Å². The molecule has 11 heavy (non-hydrogen) atoms. The van der Waals surface area contributed by atoms with Crippen molar-refractivity contribution in [1.82, 2.24) is 5.32 Å². The summed E-state index contributed by atoms with van der Waals surface area (Å²) in [5.41, 5.74) is 0. The lowest BCUT2D eigenvalue weighted by atomic mass is 10.2. The van der Waals surface area contributed by atoms with Crippen LogP contribution in [0.25, 0.3) is 0 Å². The average molecular weight is 182 g/mol. The van der Waals surface area contributed by atoms with Gasteiger partial charge in [0.2, 0.25) is 0 Å². The second-order valence-corrected chi connectivity index (χ2v) is 2.31. The number of hydrogen-bond donors (Lipinski definition) is 2. The molecule has 0 aliphatic carbocycles. The van der Waals surface area contributed by atoms with Crippen LogP contribution in [0, 0.1) is 5.92 Å². The molecule has 0 aromatic heterocycles. The maximum Gasteiger partial charge on any atom is 0.310 e. The molecule has 0 amide bonds. The lowest BCUT2D eigenvalue weighted by Crippen LogP contribution is -2.28. The van der Waals surface area contributed by atoms with Crippen LogP contribution in [0.15, 0.2) is 0 Å². The summed E-state index contributed by atoms with van der Waals surface area (Å²) in [7, 11) is 0. The van der Waals surface area contributed by atoms with E-state index in [2.05, 4.69) is 5.32 Å². The van der Waals surface area contributed by atoms with Crippen molar-refractivity contribution in [3.63, 3.8) is 0 Å². The van der Waals surface area contributed by atoms with E-state index in [0.717, 1.165) is 6.54 Å². The van der Waals surface area contributed by atoms with Crippen molar-refractivity contribution < 1.29 is 14.6 Å². The first kappa shape index (κ1) is 10.7. The minimum Gasteiger partial charge on any atom is -0.481 e. The van der Waals surface area contributed by atoms with Crippen molar-refractivity contribution in [2.24, 2.45) is 5.92 Å². The Morgan fingerprint density at radius 2 is 2.36 bits per heavy atom. The molecule has 66 valence electrons. The SMILES string of the molecule is Cl.O=C(O)C1CNCCOC1. The molecular formula is C6H12ClNO3. The number of ether oxygens (including phenoxy) is 1. The lowest BCUT2D eigenvalue weighted by Gasteiger charge is -2.05. The van der Waals surface area contributed by atoms with Crippen LogP contribution in [0.5, 0.6) is 0 Å². The van der Waals surface area contributed by atoms with Gasteiger partial charge in [0, 0.05) is 13.1 Å². The predicted octanol–water partition coefficient (Wildman–Crippen LogP) is -0.271. The van der Waals surface area contributed by atoms with Crippen LogP contribution in [0.1, 0.15) is 0 Å². The molecule has 4 nitrogen and oxygen atoms in total. The first-order valence-corrected chi connectivity index (χ1v) is 3.32. The second kappa shape index (κ2) is 5.35. The number of rotatable bonds is 1. The highest BCUT2D eigenvalue weighted by Crippen LogP contribution is 1.98. The van der Waals surface area contributed by atoms with Crippen molar-refractivity contribution in [2.45, 2.75) is 0 Å². The number of carboxylic acid groups (broad SMARTS) is 1. The average Bonchev–Trinajstić information content (AvgIpc) is 2.12. The molecule has 0 aromatic carbocycles. The first-order valence-electron chi connectivity index (χ1n) is 3.32. The van der Waals surface area contributed by atoms with Crippen LogP contribution in [0.2, 0.25) is 0 Å². The molecule has 1 unspecified atom stereocenters. The van der Waals surface area contributed by atoms with E-state index in [-0.39, 0.29) is 18.3 Å². The molecular weight excluding hydrogens is 170 g/mol. The van der Waals surface area contributed by atoms with Gasteiger partial charge in [-0.25, -0.2) is 0 Å². The minimum atomic E-state index is -0.783. The highest BCUT2D eigenvalue weighted by atomic mass is 35.5. The van der Waals surface area contributed by atoms with E-state index in [0.29, 0.717) is 19.8 Å². The van der Waals surface area contributed by atoms with E-state index >= 15 is 0 Å². The van der Waals surface area contributed by atoms with E-state index in [1.807, 2.05) is 0 Å². The molecule has 1 aliphatic heterocycles. The summed E-state index contributed by atoms with van der Waals surface area (Å²) < 4.78 is 5.03.